The summed E-state index contributed by atoms with van der Waals surface area (Å²) in [6.07, 6.45) is 9.03. The molecule has 0 aromatic heterocycles. The molecule has 5 rings (SSSR count). The van der Waals surface area contributed by atoms with Gasteiger partial charge in [0, 0.05) is 11.3 Å². The van der Waals surface area contributed by atoms with E-state index in [2.05, 4.69) is 26.8 Å². The number of rotatable bonds is 1. The SMILES string of the molecule is CC1([C@H]2CC[C@H]3[C@@H]4CC=C5C[C@@H](O)CC[C@]5(C)[C@H]4C[C@H](O)[C@]23C)OCCO1. The van der Waals surface area contributed by atoms with E-state index >= 15 is 0 Å². The molecule has 4 heteroatoms. The van der Waals surface area contributed by atoms with Crippen LogP contribution in [0, 0.1) is 34.5 Å². The Morgan fingerprint density at radius 2 is 1.74 bits per heavy atom. The first-order chi connectivity index (χ1) is 12.8. The van der Waals surface area contributed by atoms with Gasteiger partial charge in [-0.25, -0.2) is 0 Å². The first-order valence-corrected chi connectivity index (χ1v) is 11.1. The van der Waals surface area contributed by atoms with Crippen molar-refractivity contribution in [2.24, 2.45) is 34.5 Å². The maximum atomic E-state index is 11.5. The van der Waals surface area contributed by atoms with E-state index in [0.717, 1.165) is 38.5 Å². The van der Waals surface area contributed by atoms with E-state index in [9.17, 15) is 10.2 Å². The van der Waals surface area contributed by atoms with Crippen LogP contribution in [0.2, 0.25) is 0 Å². The molecule has 4 nitrogen and oxygen atoms in total. The van der Waals surface area contributed by atoms with Crippen LogP contribution in [0.25, 0.3) is 0 Å². The topological polar surface area (TPSA) is 58.9 Å². The largest absolute Gasteiger partial charge is 0.393 e. The van der Waals surface area contributed by atoms with Gasteiger partial charge in [0.05, 0.1) is 25.4 Å². The number of hydrogen-bond donors (Lipinski definition) is 2. The zero-order valence-electron chi connectivity index (χ0n) is 17.1. The van der Waals surface area contributed by atoms with Crippen LogP contribution in [0.15, 0.2) is 11.6 Å². The molecule has 0 radical (unpaired) electrons. The van der Waals surface area contributed by atoms with Crippen molar-refractivity contribution >= 4 is 0 Å². The van der Waals surface area contributed by atoms with E-state index in [4.69, 9.17) is 9.47 Å². The third kappa shape index (κ3) is 2.43. The minimum atomic E-state index is -0.536. The fourth-order valence-corrected chi connectivity index (χ4v) is 8.19. The van der Waals surface area contributed by atoms with Gasteiger partial charge in [-0.15, -0.1) is 0 Å². The number of aliphatic hydroxyl groups is 2. The predicted octanol–water partition coefficient (Wildman–Crippen LogP) is 3.66. The molecule has 0 amide bonds. The summed E-state index contributed by atoms with van der Waals surface area (Å²) in [5, 5.41) is 21.7. The van der Waals surface area contributed by atoms with E-state index in [-0.39, 0.29) is 29.0 Å². The predicted molar refractivity (Wildman–Crippen MR) is 103 cm³/mol. The van der Waals surface area contributed by atoms with Crippen molar-refractivity contribution in [2.45, 2.75) is 83.7 Å². The number of allylic oxidation sites excluding steroid dienone is 1. The summed E-state index contributed by atoms with van der Waals surface area (Å²) in [5.74, 6) is 1.43. The molecular weight excluding hydrogens is 340 g/mol. The molecule has 4 aliphatic carbocycles. The second kappa shape index (κ2) is 6.04. The molecule has 0 bridgehead atoms. The number of hydrogen-bond acceptors (Lipinski definition) is 4. The van der Waals surface area contributed by atoms with Gasteiger partial charge in [0.2, 0.25) is 0 Å². The number of fused-ring (bicyclic) bond motifs is 5. The van der Waals surface area contributed by atoms with Crippen LogP contribution in [0.5, 0.6) is 0 Å². The van der Waals surface area contributed by atoms with Crippen molar-refractivity contribution < 1.29 is 19.7 Å². The average molecular weight is 377 g/mol. The molecule has 1 saturated heterocycles. The van der Waals surface area contributed by atoms with Crippen LogP contribution in [0.1, 0.15) is 65.7 Å². The molecule has 27 heavy (non-hydrogen) atoms. The van der Waals surface area contributed by atoms with Crippen LogP contribution in [0.4, 0.5) is 0 Å². The van der Waals surface area contributed by atoms with Gasteiger partial charge in [-0.3, -0.25) is 0 Å². The Balaban J connectivity index is 1.49. The van der Waals surface area contributed by atoms with Crippen LogP contribution in [-0.4, -0.2) is 41.4 Å². The highest BCUT2D eigenvalue weighted by atomic mass is 16.7. The summed E-state index contributed by atoms with van der Waals surface area (Å²) < 4.78 is 12.1. The molecule has 1 heterocycles. The lowest BCUT2D eigenvalue weighted by atomic mass is 9.46. The molecule has 1 aliphatic heterocycles. The summed E-state index contributed by atoms with van der Waals surface area (Å²) >= 11 is 0. The van der Waals surface area contributed by atoms with E-state index in [1.165, 1.54) is 12.0 Å². The highest BCUT2D eigenvalue weighted by Crippen LogP contribution is 2.68. The minimum absolute atomic E-state index is 0.129. The lowest BCUT2D eigenvalue weighted by Crippen LogP contribution is -2.59. The molecule has 0 unspecified atom stereocenters. The third-order valence-electron chi connectivity index (χ3n) is 9.68. The Labute approximate surface area is 163 Å². The Kier molecular flexibility index (Phi) is 4.16. The number of ether oxygens (including phenoxy) is 2. The molecule has 0 spiro atoms. The zero-order chi connectivity index (χ0) is 19.0. The van der Waals surface area contributed by atoms with Gasteiger partial charge in [0.15, 0.2) is 5.79 Å². The Morgan fingerprint density at radius 1 is 1.00 bits per heavy atom. The summed E-state index contributed by atoms with van der Waals surface area (Å²) in [7, 11) is 0. The molecule has 8 atom stereocenters. The summed E-state index contributed by atoms with van der Waals surface area (Å²) in [5.41, 5.74) is 1.49. The molecule has 0 aromatic rings. The average Bonchev–Trinajstić information content (AvgIpc) is 3.22. The van der Waals surface area contributed by atoms with Crippen LogP contribution < -0.4 is 0 Å². The fraction of sp³-hybridized carbons (Fsp3) is 0.913. The van der Waals surface area contributed by atoms with Gasteiger partial charge < -0.3 is 19.7 Å². The molecule has 4 fully saturated rings. The van der Waals surface area contributed by atoms with Crippen molar-refractivity contribution in [3.8, 4) is 0 Å². The van der Waals surface area contributed by atoms with Gasteiger partial charge >= 0.3 is 0 Å². The van der Waals surface area contributed by atoms with E-state index in [1.807, 2.05) is 0 Å². The smallest absolute Gasteiger partial charge is 0.169 e. The fourth-order valence-electron chi connectivity index (χ4n) is 8.19. The zero-order valence-corrected chi connectivity index (χ0v) is 17.1. The first-order valence-electron chi connectivity index (χ1n) is 11.1. The molecule has 152 valence electrons. The summed E-state index contributed by atoms with van der Waals surface area (Å²) in [6, 6.07) is 0. The van der Waals surface area contributed by atoms with Crippen molar-refractivity contribution in [1.82, 2.24) is 0 Å². The van der Waals surface area contributed by atoms with Gasteiger partial charge in [-0.1, -0.05) is 25.5 Å². The maximum Gasteiger partial charge on any atom is 0.169 e. The summed E-state index contributed by atoms with van der Waals surface area (Å²) in [6.45, 7) is 8.16. The van der Waals surface area contributed by atoms with Crippen molar-refractivity contribution in [1.29, 1.82) is 0 Å². The summed E-state index contributed by atoms with van der Waals surface area (Å²) in [4.78, 5) is 0. The monoisotopic (exact) mass is 376 g/mol. The highest BCUT2D eigenvalue weighted by Gasteiger charge is 2.66. The van der Waals surface area contributed by atoms with Crippen molar-refractivity contribution in [3.63, 3.8) is 0 Å². The quantitative estimate of drug-likeness (QED) is 0.686. The third-order valence-corrected chi connectivity index (χ3v) is 9.68. The van der Waals surface area contributed by atoms with Crippen LogP contribution >= 0.6 is 0 Å². The Hall–Kier alpha value is -0.420. The second-order valence-electron chi connectivity index (χ2n) is 10.6. The Bertz CT molecular complexity index is 638. The second-order valence-corrected chi connectivity index (χ2v) is 10.6. The van der Waals surface area contributed by atoms with Gasteiger partial charge in [0.25, 0.3) is 0 Å². The molecular formula is C23H36O4. The Morgan fingerprint density at radius 3 is 2.48 bits per heavy atom. The van der Waals surface area contributed by atoms with Gasteiger partial charge in [0.1, 0.15) is 0 Å². The molecule has 3 saturated carbocycles. The van der Waals surface area contributed by atoms with Crippen LogP contribution in [-0.2, 0) is 9.47 Å². The van der Waals surface area contributed by atoms with E-state index < -0.39 is 5.79 Å². The van der Waals surface area contributed by atoms with Crippen LogP contribution in [0.3, 0.4) is 0 Å². The van der Waals surface area contributed by atoms with Crippen molar-refractivity contribution in [2.75, 3.05) is 13.2 Å². The molecule has 2 N–H and O–H groups in total. The lowest BCUT2D eigenvalue weighted by Gasteiger charge is -2.60. The molecule has 5 aliphatic rings. The van der Waals surface area contributed by atoms with Gasteiger partial charge in [-0.2, -0.15) is 0 Å². The first kappa shape index (κ1) is 18.6. The maximum absolute atomic E-state index is 11.5. The lowest BCUT2D eigenvalue weighted by molar-refractivity contribution is -0.235. The standard InChI is InChI=1S/C23H36O4/c1-21-9-8-15(24)12-14(21)4-5-16-17-6-7-19(23(3)26-10-11-27-23)22(17,2)20(25)13-18(16)21/h4,15-20,24-25H,5-13H2,1-3H3/t15-,16-,17-,18-,19-,20-,21-,22-/m0/s1. The molecule has 0 aromatic carbocycles. The number of aliphatic hydroxyl groups excluding tert-OH is 2. The van der Waals surface area contributed by atoms with Crippen molar-refractivity contribution in [3.05, 3.63) is 11.6 Å². The van der Waals surface area contributed by atoms with E-state index in [0.29, 0.717) is 31.0 Å². The van der Waals surface area contributed by atoms with Gasteiger partial charge in [-0.05, 0) is 75.0 Å². The minimum Gasteiger partial charge on any atom is -0.393 e. The highest BCUT2D eigenvalue weighted by molar-refractivity contribution is 5.26. The van der Waals surface area contributed by atoms with E-state index in [1.54, 1.807) is 0 Å². The normalized spacial score (nSPS) is 54.0.